The molecular weight excluding hydrogens is 96.1 g/mol. The fourth-order valence-corrected chi connectivity index (χ4v) is 0. The molecule has 2 nitrogen and oxygen atoms in total. The fraction of sp³-hybridized carbons (Fsp3) is 0.667. The van der Waals surface area contributed by atoms with Crippen LogP contribution < -0.4 is 4.80 Å². The van der Waals surface area contributed by atoms with E-state index in [2.05, 4.69) is 11.5 Å². The molecule has 0 spiro atoms. The molecule has 0 aliphatic carbocycles. The van der Waals surface area contributed by atoms with Crippen molar-refractivity contribution in [3.05, 3.63) is 7.11 Å². The van der Waals surface area contributed by atoms with E-state index in [0.717, 1.165) is 0 Å². The Hall–Kier alpha value is 0.00688. The average molecular weight is 104 g/mol. The van der Waals surface area contributed by atoms with Crippen LogP contribution in [0.4, 0.5) is 0 Å². The zero-order valence-electron chi connectivity index (χ0n) is 4.02. The van der Waals surface area contributed by atoms with Gasteiger partial charge in [0.15, 0.2) is 15.7 Å². The first-order valence-electron chi connectivity index (χ1n) is 1.70. The van der Waals surface area contributed by atoms with Crippen LogP contribution in [-0.4, -0.2) is 8.56 Å². The van der Waals surface area contributed by atoms with Crippen LogP contribution in [0.3, 0.4) is 0 Å². The molecule has 0 unspecified atom stereocenters. The van der Waals surface area contributed by atoms with Gasteiger partial charge in [-0.1, -0.05) is 13.1 Å². The third kappa shape index (κ3) is 4.01. The van der Waals surface area contributed by atoms with E-state index >= 15 is 0 Å². The average Bonchev–Trinajstić information content (AvgIpc) is 1.35. The fourth-order valence-electron chi connectivity index (χ4n) is 0. The van der Waals surface area contributed by atoms with E-state index in [0.29, 0.717) is 0 Å². The summed E-state index contributed by atoms with van der Waals surface area (Å²) in [4.78, 5) is 10.3. The molecule has 0 heterocycles. The standard InChI is InChI=1S/C3H8O2Si/c1-5-6(2,3)4/h1H2,2-3H3. The molecule has 36 valence electrons. The Bertz CT molecular complexity index is 38.5. The van der Waals surface area contributed by atoms with Crippen LogP contribution in [0.5, 0.6) is 0 Å². The first-order valence-corrected chi connectivity index (χ1v) is 4.51. The summed E-state index contributed by atoms with van der Waals surface area (Å²) in [5, 5.41) is 0. The van der Waals surface area contributed by atoms with Gasteiger partial charge in [0.05, 0.1) is 0 Å². The molecule has 0 saturated heterocycles. The van der Waals surface area contributed by atoms with Crippen molar-refractivity contribution in [2.75, 3.05) is 0 Å². The highest BCUT2D eigenvalue weighted by Crippen LogP contribution is 1.88. The minimum absolute atomic E-state index is 1.54. The van der Waals surface area contributed by atoms with Crippen molar-refractivity contribution < 1.29 is 9.22 Å². The second-order valence-corrected chi connectivity index (χ2v) is 4.63. The summed E-state index contributed by atoms with van der Waals surface area (Å²) in [7, 11) is 0.514. The summed E-state index contributed by atoms with van der Waals surface area (Å²) >= 11 is 0. The first kappa shape index (κ1) is 6.01. The van der Waals surface area contributed by atoms with Gasteiger partial charge in [0.2, 0.25) is 0 Å². The quantitative estimate of drug-likeness (QED) is 0.342. The largest absolute Gasteiger partial charge is 0.835 e. The number of hydrogen-bond donors (Lipinski definition) is 0. The highest BCUT2D eigenvalue weighted by atomic mass is 28.4. The van der Waals surface area contributed by atoms with E-state index in [1.165, 1.54) is 0 Å². The van der Waals surface area contributed by atoms with Gasteiger partial charge >= 0.3 is 0 Å². The Balaban J connectivity index is 3.17. The summed E-state index contributed by atoms with van der Waals surface area (Å²) in [6.07, 6.45) is 0. The Morgan fingerprint density at radius 3 is 1.83 bits per heavy atom. The molecule has 0 atom stereocenters. The SMILES string of the molecule is [CH2+]O[Si](C)(C)[O-]. The highest BCUT2D eigenvalue weighted by molar-refractivity contribution is 6.61. The Morgan fingerprint density at radius 1 is 1.67 bits per heavy atom. The maximum Gasteiger partial charge on any atom is 0.195 e. The molecule has 0 fully saturated rings. The second kappa shape index (κ2) is 1.64. The summed E-state index contributed by atoms with van der Waals surface area (Å²) in [6.45, 7) is 3.08. The summed E-state index contributed by atoms with van der Waals surface area (Å²) in [5.41, 5.74) is 0. The molecule has 0 saturated carbocycles. The summed E-state index contributed by atoms with van der Waals surface area (Å²) in [6, 6.07) is 0. The van der Waals surface area contributed by atoms with Gasteiger partial charge in [0.25, 0.3) is 0 Å². The van der Waals surface area contributed by atoms with Crippen LogP contribution in [0.2, 0.25) is 13.1 Å². The molecule has 0 amide bonds. The molecule has 0 aliphatic heterocycles. The first-order chi connectivity index (χ1) is 2.56. The van der Waals surface area contributed by atoms with Gasteiger partial charge in [-0.3, -0.25) is 4.43 Å². The van der Waals surface area contributed by atoms with Gasteiger partial charge in [-0.05, 0) is 0 Å². The third-order valence-electron chi connectivity index (χ3n) is 0.348. The van der Waals surface area contributed by atoms with Crippen molar-refractivity contribution in [1.29, 1.82) is 0 Å². The lowest BCUT2D eigenvalue weighted by molar-refractivity contribution is -0.230. The zero-order chi connectivity index (χ0) is 5.21. The van der Waals surface area contributed by atoms with Crippen molar-refractivity contribution in [1.82, 2.24) is 0 Å². The van der Waals surface area contributed by atoms with Gasteiger partial charge in [0, 0.05) is 0 Å². The molecule has 0 bridgehead atoms. The van der Waals surface area contributed by atoms with E-state index in [1.807, 2.05) is 0 Å². The Kier molecular flexibility index (Phi) is 1.64. The van der Waals surface area contributed by atoms with E-state index in [9.17, 15) is 4.80 Å². The van der Waals surface area contributed by atoms with E-state index in [4.69, 9.17) is 0 Å². The Labute approximate surface area is 39.0 Å². The van der Waals surface area contributed by atoms with Crippen LogP contribution in [0.25, 0.3) is 0 Å². The van der Waals surface area contributed by atoms with E-state index in [1.54, 1.807) is 13.1 Å². The molecule has 6 heavy (non-hydrogen) atoms. The lowest BCUT2D eigenvalue weighted by atomic mass is 11.8. The van der Waals surface area contributed by atoms with Gasteiger partial charge in [-0.25, -0.2) is 0 Å². The predicted molar refractivity (Wildman–Crippen MR) is 23.9 cm³/mol. The molecule has 0 radical (unpaired) electrons. The van der Waals surface area contributed by atoms with Crippen LogP contribution in [0.1, 0.15) is 0 Å². The monoisotopic (exact) mass is 104 g/mol. The lowest BCUT2D eigenvalue weighted by Crippen LogP contribution is -2.44. The minimum atomic E-state index is -2.49. The molecule has 0 N–H and O–H groups in total. The van der Waals surface area contributed by atoms with Crippen molar-refractivity contribution in [2.45, 2.75) is 13.1 Å². The molecule has 3 heteroatoms. The van der Waals surface area contributed by atoms with Crippen LogP contribution in [-0.2, 0) is 4.43 Å². The smallest absolute Gasteiger partial charge is 0.195 e. The molecular formula is C3H8O2Si. The maximum atomic E-state index is 10.3. The zero-order valence-corrected chi connectivity index (χ0v) is 5.02. The normalized spacial score (nSPS) is 11.8. The van der Waals surface area contributed by atoms with Gasteiger partial charge in [-0.15, -0.1) is 0 Å². The Morgan fingerprint density at radius 2 is 1.83 bits per heavy atom. The topological polar surface area (TPSA) is 32.3 Å². The van der Waals surface area contributed by atoms with Crippen molar-refractivity contribution in [2.24, 2.45) is 0 Å². The number of rotatable bonds is 1. The third-order valence-corrected chi connectivity index (χ3v) is 1.04. The molecule has 0 aromatic heterocycles. The van der Waals surface area contributed by atoms with Crippen molar-refractivity contribution >= 4 is 8.56 Å². The van der Waals surface area contributed by atoms with Gasteiger partial charge < -0.3 is 4.80 Å². The molecule has 0 aromatic rings. The van der Waals surface area contributed by atoms with Crippen molar-refractivity contribution in [3.8, 4) is 0 Å². The van der Waals surface area contributed by atoms with Crippen LogP contribution >= 0.6 is 0 Å². The van der Waals surface area contributed by atoms with Crippen LogP contribution in [0, 0.1) is 7.11 Å². The molecule has 0 rings (SSSR count). The molecule has 0 aromatic carbocycles. The van der Waals surface area contributed by atoms with Gasteiger partial charge in [-0.2, -0.15) is 0 Å². The number of hydrogen-bond acceptors (Lipinski definition) is 2. The molecule has 0 aliphatic rings. The second-order valence-electron chi connectivity index (χ2n) is 1.54. The van der Waals surface area contributed by atoms with Crippen molar-refractivity contribution in [3.63, 3.8) is 0 Å². The van der Waals surface area contributed by atoms with E-state index < -0.39 is 8.56 Å². The predicted octanol–water partition coefficient (Wildman–Crippen LogP) is -0.143. The maximum absolute atomic E-state index is 10.3. The van der Waals surface area contributed by atoms with Crippen LogP contribution in [0.15, 0.2) is 0 Å². The minimum Gasteiger partial charge on any atom is -0.835 e. The van der Waals surface area contributed by atoms with Gasteiger partial charge in [0.1, 0.15) is 0 Å². The summed E-state index contributed by atoms with van der Waals surface area (Å²) in [5.74, 6) is 0. The lowest BCUT2D eigenvalue weighted by Gasteiger charge is -2.18. The van der Waals surface area contributed by atoms with E-state index in [-0.39, 0.29) is 0 Å². The summed E-state index contributed by atoms with van der Waals surface area (Å²) < 4.78 is 4.27. The highest BCUT2D eigenvalue weighted by Gasteiger charge is 2.04.